The molecule has 0 fully saturated rings. The fourth-order valence-electron chi connectivity index (χ4n) is 9.30. The summed E-state index contributed by atoms with van der Waals surface area (Å²) >= 11 is 0. The van der Waals surface area contributed by atoms with Crippen molar-refractivity contribution in [3.8, 4) is 11.3 Å². The Morgan fingerprint density at radius 1 is 0.338 bits per heavy atom. The predicted molar refractivity (Wildman–Crippen MR) is 228 cm³/mol. The van der Waals surface area contributed by atoms with E-state index in [9.17, 15) is 52.7 Å². The molecule has 0 aliphatic heterocycles. The molecule has 0 aliphatic carbocycles. The lowest BCUT2D eigenvalue weighted by Gasteiger charge is -2.44. The van der Waals surface area contributed by atoms with Crippen LogP contribution in [0.3, 0.4) is 0 Å². The molecular weight excluding hydrogens is 1030 g/mol. The van der Waals surface area contributed by atoms with Gasteiger partial charge >= 0.3 is 0 Å². The average molecular weight is 1050 g/mol. The van der Waals surface area contributed by atoms with E-state index in [4.69, 9.17) is 4.98 Å². The molecule has 0 spiro atoms. The largest absolute Gasteiger partial charge is 0.244 e. The van der Waals surface area contributed by atoms with Gasteiger partial charge in [-0.3, -0.25) is 0 Å². The summed E-state index contributed by atoms with van der Waals surface area (Å²) < 4.78 is 296. The lowest BCUT2D eigenvalue weighted by atomic mass is 9.12. The molecule has 10 rings (SSSR count). The van der Waals surface area contributed by atoms with Gasteiger partial charge in [0.15, 0.2) is 88.7 Å². The van der Waals surface area contributed by atoms with Crippen molar-refractivity contribution in [2.75, 3.05) is 0 Å². The maximum absolute atomic E-state index is 15.4. The van der Waals surface area contributed by atoms with Crippen LogP contribution < -0.4 is 26.4 Å². The molecule has 0 bridgehead atoms. The van der Waals surface area contributed by atoms with Crippen LogP contribution in [-0.4, -0.2) is 11.1 Å². The Kier molecular flexibility index (Phi) is 12.8. The number of hydrogen-bond donors (Lipinski definition) is 0. The highest BCUT2D eigenvalue weighted by molar-refractivity contribution is 7.20. The Labute approximate surface area is 400 Å². The van der Waals surface area contributed by atoms with Crippen LogP contribution in [0.5, 0.6) is 0 Å². The molecule has 0 atom stereocenters. The van der Waals surface area contributed by atoms with E-state index in [0.29, 0.717) is 0 Å². The highest BCUT2D eigenvalue weighted by atomic mass is 19.2. The van der Waals surface area contributed by atoms with Crippen LogP contribution in [0, 0.1) is 116 Å². The lowest BCUT2D eigenvalue weighted by Crippen LogP contribution is -2.81. The van der Waals surface area contributed by atoms with E-state index >= 15 is 35.1 Å². The van der Waals surface area contributed by atoms with Crippen molar-refractivity contribution in [3.63, 3.8) is 0 Å². The summed E-state index contributed by atoms with van der Waals surface area (Å²) in [5.41, 5.74) is -10.9. The molecule has 376 valence electrons. The first kappa shape index (κ1) is 50.7. The minimum atomic E-state index is -7.22. The topological polar surface area (TPSA) is 16.8 Å². The van der Waals surface area contributed by atoms with Gasteiger partial charge in [0.1, 0.15) is 58.4 Å². The van der Waals surface area contributed by atoms with Crippen LogP contribution in [0.15, 0.2) is 104 Å². The molecule has 2 nitrogen and oxygen atoms in total. The van der Waals surface area contributed by atoms with Crippen molar-refractivity contribution in [2.45, 2.75) is 6.54 Å². The van der Waals surface area contributed by atoms with E-state index < -0.39 is 144 Å². The first-order valence-corrected chi connectivity index (χ1v) is 20.9. The normalized spacial score (nSPS) is 11.8. The predicted octanol–water partition coefficient (Wildman–Crippen LogP) is 11.8. The standard InChI is InChI=1S/C27H19N2.C24BF20/c1-2-5-19(6-3-1)17-29-16-15-28-25(18-29)23-13-11-22-10-9-20-7-4-8-21-12-14-24(23)27(22)26(20)21;26-5-1(6(27)14(35)21(42)13(5)34)25(2-7(28)15(36)22(43)16(37)8(2)29,3-9(30)17(38)23(44)18(39)10(3)31)4-11(32)19(40)24(45)20(41)12(4)33/h1-16,18H,17H2;/q+1;-1. The number of halogens is 20. The number of nitrogens with zero attached hydrogens (tertiary/aromatic N) is 2. The summed E-state index contributed by atoms with van der Waals surface area (Å²) in [5.74, 6) is -71.4. The van der Waals surface area contributed by atoms with Crippen molar-refractivity contribution < 1.29 is 92.4 Å². The Balaban J connectivity index is 0.000000198. The molecule has 10 aromatic rings. The maximum Gasteiger partial charge on any atom is 0.200 e. The van der Waals surface area contributed by atoms with Gasteiger partial charge in [-0.1, -0.05) is 84.9 Å². The van der Waals surface area contributed by atoms with Gasteiger partial charge in [-0.05, 0) is 32.3 Å². The monoisotopic (exact) mass is 1050 g/mol. The molecular formula is C51H19BF20N2. The van der Waals surface area contributed by atoms with Gasteiger partial charge in [0.25, 0.3) is 0 Å². The third-order valence-corrected chi connectivity index (χ3v) is 12.5. The third-order valence-electron chi connectivity index (χ3n) is 12.5. The van der Waals surface area contributed by atoms with E-state index in [2.05, 4.69) is 95.7 Å². The zero-order valence-corrected chi connectivity index (χ0v) is 36.1. The van der Waals surface area contributed by atoms with Crippen LogP contribution in [0.1, 0.15) is 5.56 Å². The highest BCUT2D eigenvalue weighted by Crippen LogP contribution is 2.39. The van der Waals surface area contributed by atoms with Crippen molar-refractivity contribution in [3.05, 3.63) is 225 Å². The van der Waals surface area contributed by atoms with E-state index in [1.807, 2.05) is 12.4 Å². The quantitative estimate of drug-likeness (QED) is 0.0388. The summed E-state index contributed by atoms with van der Waals surface area (Å²) in [6, 6.07) is 30.4. The van der Waals surface area contributed by atoms with E-state index in [0.717, 1.165) is 12.2 Å². The number of benzene rings is 9. The average Bonchev–Trinajstić information content (AvgIpc) is 3.40. The minimum absolute atomic E-state index is 0.836. The number of aromatic nitrogens is 2. The van der Waals surface area contributed by atoms with Crippen molar-refractivity contribution in [2.24, 2.45) is 0 Å². The van der Waals surface area contributed by atoms with Crippen molar-refractivity contribution in [1.82, 2.24) is 4.98 Å². The Morgan fingerprint density at radius 3 is 1.07 bits per heavy atom. The SMILES string of the molecule is Fc1c(F)c(F)c([B-](c2c(F)c(F)c(F)c(F)c2F)(c2c(F)c(F)c(F)c(F)c2F)c2c(F)c(F)c(F)c(F)c2F)c(F)c1F.c1ccc(C[n+]2ccnc(-c3ccc4ccc5cccc6ccc3c4c56)c2)cc1. The van der Waals surface area contributed by atoms with E-state index in [-0.39, 0.29) is 0 Å². The number of rotatable bonds is 7. The van der Waals surface area contributed by atoms with E-state index in [1.165, 1.54) is 43.4 Å². The second-order valence-corrected chi connectivity index (χ2v) is 16.4. The van der Waals surface area contributed by atoms with Gasteiger partial charge in [0.05, 0.1) is 6.20 Å². The second kappa shape index (κ2) is 18.7. The van der Waals surface area contributed by atoms with Gasteiger partial charge in [0, 0.05) is 11.1 Å². The number of hydrogen-bond acceptors (Lipinski definition) is 1. The van der Waals surface area contributed by atoms with Crippen LogP contribution in [0.4, 0.5) is 87.8 Å². The minimum Gasteiger partial charge on any atom is -0.244 e. The Morgan fingerprint density at radius 2 is 0.676 bits per heavy atom. The smallest absolute Gasteiger partial charge is 0.200 e. The van der Waals surface area contributed by atoms with E-state index in [1.54, 1.807) is 0 Å². The molecule has 0 saturated carbocycles. The zero-order chi connectivity index (χ0) is 53.6. The van der Waals surface area contributed by atoms with Crippen molar-refractivity contribution >= 4 is 60.3 Å². The molecule has 0 aliphatic rings. The molecule has 0 saturated heterocycles. The summed E-state index contributed by atoms with van der Waals surface area (Å²) in [6.07, 6.45) is -1.13. The van der Waals surface area contributed by atoms with Gasteiger partial charge < -0.3 is 0 Å². The van der Waals surface area contributed by atoms with Crippen LogP contribution in [0.25, 0.3) is 43.6 Å². The van der Waals surface area contributed by atoms with Gasteiger partial charge in [-0.25, -0.2) is 92.8 Å². The first-order valence-electron chi connectivity index (χ1n) is 20.9. The van der Waals surface area contributed by atoms with Crippen LogP contribution >= 0.6 is 0 Å². The fraction of sp³-hybridized carbons (Fsp3) is 0.0196. The molecule has 74 heavy (non-hydrogen) atoms. The van der Waals surface area contributed by atoms with Crippen LogP contribution in [-0.2, 0) is 6.54 Å². The molecule has 0 N–H and O–H groups in total. The Bertz CT molecular complexity index is 3550. The molecule has 0 radical (unpaired) electrons. The fourth-order valence-corrected chi connectivity index (χ4v) is 9.30. The van der Waals surface area contributed by atoms with Gasteiger partial charge in [-0.15, -0.1) is 21.9 Å². The zero-order valence-electron chi connectivity index (χ0n) is 36.1. The lowest BCUT2D eigenvalue weighted by molar-refractivity contribution is -0.688. The second-order valence-electron chi connectivity index (χ2n) is 16.4. The summed E-state index contributed by atoms with van der Waals surface area (Å²) in [7, 11) is 0. The third kappa shape index (κ3) is 7.52. The van der Waals surface area contributed by atoms with Crippen molar-refractivity contribution in [1.29, 1.82) is 0 Å². The molecule has 0 unspecified atom stereocenters. The molecule has 1 aromatic heterocycles. The highest BCUT2D eigenvalue weighted by Gasteiger charge is 2.52. The van der Waals surface area contributed by atoms with Gasteiger partial charge in [0.2, 0.25) is 0 Å². The molecule has 9 aromatic carbocycles. The summed E-state index contributed by atoms with van der Waals surface area (Å²) in [6.45, 7) is 0.836. The van der Waals surface area contributed by atoms with Crippen LogP contribution in [0.2, 0.25) is 0 Å². The Hall–Kier alpha value is -8.24. The summed E-state index contributed by atoms with van der Waals surface area (Å²) in [5, 5.41) is 7.80. The maximum atomic E-state index is 15.4. The van der Waals surface area contributed by atoms with Gasteiger partial charge in [-0.2, -0.15) is 4.57 Å². The molecule has 23 heteroatoms. The molecule has 1 heterocycles. The molecule has 0 amide bonds. The first-order chi connectivity index (χ1) is 35.1. The summed E-state index contributed by atoms with van der Waals surface area (Å²) in [4.78, 5) is 4.71.